The van der Waals surface area contributed by atoms with Crippen LogP contribution in [0.1, 0.15) is 26.3 Å². The van der Waals surface area contributed by atoms with Crippen molar-refractivity contribution in [1.82, 2.24) is 0 Å². The lowest BCUT2D eigenvalue weighted by molar-refractivity contribution is 0.101. The van der Waals surface area contributed by atoms with Crippen molar-refractivity contribution in [1.29, 1.82) is 0 Å². The van der Waals surface area contributed by atoms with E-state index in [0.717, 1.165) is 9.13 Å². The van der Waals surface area contributed by atoms with E-state index >= 15 is 0 Å². The van der Waals surface area contributed by atoms with Gasteiger partial charge in [0.15, 0.2) is 12.1 Å². The van der Waals surface area contributed by atoms with Crippen LogP contribution in [0.25, 0.3) is 0 Å². The molecule has 2 nitrogen and oxygen atoms in total. The van der Waals surface area contributed by atoms with Gasteiger partial charge in [0.2, 0.25) is 0 Å². The molecule has 74 valence electrons. The maximum absolute atomic E-state index is 11.4. The first-order chi connectivity index (χ1) is 6.60. The zero-order chi connectivity index (χ0) is 10.7. The number of aldehydes is 1. The number of aryl methyl sites for hydroxylation is 1. The Hall–Kier alpha value is -0.420. The number of carbonyl (C=O) groups is 2. The Balaban J connectivity index is 3.39. The Labute approximate surface area is 101 Å². The number of rotatable bonds is 3. The number of alkyl halides is 1. The first-order valence-electron chi connectivity index (χ1n) is 3.94. The summed E-state index contributed by atoms with van der Waals surface area (Å²) in [6.07, 6.45) is 0.695. The van der Waals surface area contributed by atoms with Crippen LogP contribution >= 0.6 is 34.2 Å². The molecular weight excluding hydrogens is 314 g/mol. The van der Waals surface area contributed by atoms with Gasteiger partial charge in [-0.05, 0) is 47.2 Å². The number of hydrogen-bond acceptors (Lipinski definition) is 2. The largest absolute Gasteiger partial charge is 0.298 e. The normalized spacial score (nSPS) is 9.93. The lowest BCUT2D eigenvalue weighted by atomic mass is 10.0. The van der Waals surface area contributed by atoms with Crippen LogP contribution in [-0.2, 0) is 0 Å². The zero-order valence-corrected chi connectivity index (χ0v) is 10.4. The molecule has 0 N–H and O–H groups in total. The lowest BCUT2D eigenvalue weighted by Gasteiger charge is -2.05. The molecule has 0 atom stereocenters. The van der Waals surface area contributed by atoms with Gasteiger partial charge >= 0.3 is 0 Å². The molecule has 1 rings (SSSR count). The molecule has 4 heteroatoms. The third-order valence-electron chi connectivity index (χ3n) is 1.81. The van der Waals surface area contributed by atoms with Gasteiger partial charge in [-0.1, -0.05) is 0 Å². The molecule has 0 amide bonds. The van der Waals surface area contributed by atoms with E-state index in [2.05, 4.69) is 0 Å². The summed E-state index contributed by atoms with van der Waals surface area (Å²) in [4.78, 5) is 22.2. The van der Waals surface area contributed by atoms with E-state index in [1.54, 1.807) is 6.07 Å². The Morgan fingerprint density at radius 1 is 1.57 bits per heavy atom. The fourth-order valence-electron chi connectivity index (χ4n) is 1.18. The van der Waals surface area contributed by atoms with Gasteiger partial charge in [-0.2, -0.15) is 0 Å². The molecule has 0 aromatic heterocycles. The summed E-state index contributed by atoms with van der Waals surface area (Å²) in [5, 5.41) is 0. The summed E-state index contributed by atoms with van der Waals surface area (Å²) >= 11 is 7.49. The van der Waals surface area contributed by atoms with Crippen molar-refractivity contribution in [3.8, 4) is 0 Å². The number of halogens is 2. The van der Waals surface area contributed by atoms with Crippen molar-refractivity contribution in [2.75, 3.05) is 5.88 Å². The molecule has 0 saturated heterocycles. The summed E-state index contributed by atoms with van der Waals surface area (Å²) < 4.78 is 0.783. The summed E-state index contributed by atoms with van der Waals surface area (Å²) in [5.74, 6) is -0.309. The maximum atomic E-state index is 11.4. The molecule has 1 aromatic carbocycles. The van der Waals surface area contributed by atoms with E-state index in [1.807, 2.05) is 35.6 Å². The molecule has 0 unspecified atom stereocenters. The van der Waals surface area contributed by atoms with Crippen molar-refractivity contribution in [2.45, 2.75) is 6.92 Å². The van der Waals surface area contributed by atoms with Gasteiger partial charge in [0.05, 0.1) is 5.88 Å². The highest BCUT2D eigenvalue weighted by Gasteiger charge is 2.13. The van der Waals surface area contributed by atoms with Gasteiger partial charge in [0.25, 0.3) is 0 Å². The van der Waals surface area contributed by atoms with Crippen LogP contribution < -0.4 is 0 Å². The van der Waals surface area contributed by atoms with Crippen molar-refractivity contribution in [3.05, 3.63) is 32.4 Å². The molecule has 0 aliphatic rings. The average molecular weight is 323 g/mol. The van der Waals surface area contributed by atoms with E-state index in [-0.39, 0.29) is 11.7 Å². The molecule has 0 bridgehead atoms. The average Bonchev–Trinajstić information content (AvgIpc) is 2.15. The Kier molecular flexibility index (Phi) is 4.07. The van der Waals surface area contributed by atoms with Crippen LogP contribution in [0.4, 0.5) is 0 Å². The molecule has 1 aromatic rings. The summed E-state index contributed by atoms with van der Waals surface area (Å²) in [6.45, 7) is 1.88. The zero-order valence-electron chi connectivity index (χ0n) is 7.51. The van der Waals surface area contributed by atoms with Crippen LogP contribution in [0.3, 0.4) is 0 Å². The molecule has 0 fully saturated rings. The standard InChI is InChI=1S/C10H8ClIO2/c1-6-2-7(10(14)4-11)8(5-13)9(12)3-6/h2-3,5H,4H2,1H3. The third kappa shape index (κ3) is 2.33. The number of hydrogen-bond donors (Lipinski definition) is 0. The first-order valence-corrected chi connectivity index (χ1v) is 5.56. The quantitative estimate of drug-likeness (QED) is 0.371. The minimum absolute atomic E-state index is 0.0969. The molecule has 0 spiro atoms. The van der Waals surface area contributed by atoms with E-state index < -0.39 is 0 Å². The molecule has 0 heterocycles. The van der Waals surface area contributed by atoms with Crippen molar-refractivity contribution < 1.29 is 9.59 Å². The van der Waals surface area contributed by atoms with Gasteiger partial charge < -0.3 is 0 Å². The lowest BCUT2D eigenvalue weighted by Crippen LogP contribution is -2.07. The second-order valence-corrected chi connectivity index (χ2v) is 4.31. The topological polar surface area (TPSA) is 34.1 Å². The van der Waals surface area contributed by atoms with Crippen LogP contribution in [0.15, 0.2) is 12.1 Å². The Morgan fingerprint density at radius 2 is 2.21 bits per heavy atom. The predicted octanol–water partition coefficient (Wildman–Crippen LogP) is 2.83. The number of carbonyl (C=O) groups excluding carboxylic acids is 2. The Bertz CT molecular complexity index is 388. The number of Topliss-reactive ketones (excluding diaryl/α,β-unsaturated/α-hetero) is 1. The summed E-state index contributed by atoms with van der Waals surface area (Å²) in [7, 11) is 0. The van der Waals surface area contributed by atoms with Gasteiger partial charge in [-0.15, -0.1) is 11.6 Å². The molecule has 0 saturated carbocycles. The smallest absolute Gasteiger partial charge is 0.178 e. The third-order valence-corrected chi connectivity index (χ3v) is 2.95. The van der Waals surface area contributed by atoms with E-state index in [0.29, 0.717) is 17.4 Å². The van der Waals surface area contributed by atoms with Crippen LogP contribution in [0.2, 0.25) is 0 Å². The highest BCUT2D eigenvalue weighted by molar-refractivity contribution is 14.1. The second kappa shape index (κ2) is 4.89. The second-order valence-electron chi connectivity index (χ2n) is 2.88. The minimum atomic E-state index is -0.213. The molecule has 14 heavy (non-hydrogen) atoms. The number of ketones is 1. The van der Waals surface area contributed by atoms with E-state index in [9.17, 15) is 9.59 Å². The summed E-state index contributed by atoms with van der Waals surface area (Å²) in [5.41, 5.74) is 1.80. The number of benzene rings is 1. The molecule has 0 aliphatic carbocycles. The fraction of sp³-hybridized carbons (Fsp3) is 0.200. The Morgan fingerprint density at radius 3 is 2.71 bits per heavy atom. The van der Waals surface area contributed by atoms with Gasteiger partial charge in [0.1, 0.15) is 0 Å². The molecular formula is C10H8ClIO2. The monoisotopic (exact) mass is 322 g/mol. The maximum Gasteiger partial charge on any atom is 0.178 e. The highest BCUT2D eigenvalue weighted by atomic mass is 127. The fourth-order valence-corrected chi connectivity index (χ4v) is 2.23. The van der Waals surface area contributed by atoms with Gasteiger partial charge in [-0.25, -0.2) is 0 Å². The van der Waals surface area contributed by atoms with Crippen molar-refractivity contribution in [3.63, 3.8) is 0 Å². The van der Waals surface area contributed by atoms with Crippen molar-refractivity contribution >= 4 is 46.3 Å². The van der Waals surface area contributed by atoms with Crippen LogP contribution in [0.5, 0.6) is 0 Å². The van der Waals surface area contributed by atoms with Gasteiger partial charge in [-0.3, -0.25) is 9.59 Å². The first kappa shape index (κ1) is 11.7. The molecule has 0 radical (unpaired) electrons. The summed E-state index contributed by atoms with van der Waals surface area (Å²) in [6, 6.07) is 3.55. The van der Waals surface area contributed by atoms with Crippen LogP contribution in [0, 0.1) is 10.5 Å². The molecule has 0 aliphatic heterocycles. The van der Waals surface area contributed by atoms with Crippen LogP contribution in [-0.4, -0.2) is 17.9 Å². The van der Waals surface area contributed by atoms with E-state index in [1.165, 1.54) is 0 Å². The van der Waals surface area contributed by atoms with Crippen molar-refractivity contribution in [2.24, 2.45) is 0 Å². The minimum Gasteiger partial charge on any atom is -0.298 e. The predicted molar refractivity (Wildman–Crippen MR) is 64.3 cm³/mol. The van der Waals surface area contributed by atoms with E-state index in [4.69, 9.17) is 11.6 Å². The SMILES string of the molecule is Cc1cc(I)c(C=O)c(C(=O)CCl)c1. The van der Waals surface area contributed by atoms with Gasteiger partial charge in [0, 0.05) is 14.7 Å². The highest BCUT2D eigenvalue weighted by Crippen LogP contribution is 2.18.